The maximum atomic E-state index is 13.2. The van der Waals surface area contributed by atoms with Crippen molar-refractivity contribution in [3.63, 3.8) is 0 Å². The van der Waals surface area contributed by atoms with Gasteiger partial charge >= 0.3 is 5.97 Å². The second-order valence-electron chi connectivity index (χ2n) is 8.85. The van der Waals surface area contributed by atoms with Gasteiger partial charge < -0.3 is 15.7 Å². The molecule has 1 aliphatic carbocycles. The zero-order valence-corrected chi connectivity index (χ0v) is 22.4. The third-order valence-electron chi connectivity index (χ3n) is 6.35. The van der Waals surface area contributed by atoms with Crippen LogP contribution in [-0.4, -0.2) is 28.1 Å². The summed E-state index contributed by atoms with van der Waals surface area (Å²) >= 11 is 2.69. The van der Waals surface area contributed by atoms with Gasteiger partial charge in [0.1, 0.15) is 11.1 Å². The molecule has 0 spiro atoms. The molecule has 7 nitrogen and oxygen atoms in total. The smallest absolute Gasteiger partial charge is 0.307 e. The van der Waals surface area contributed by atoms with Crippen LogP contribution in [0.1, 0.15) is 31.7 Å². The number of anilines is 2. The standard InChI is InChI=1S/C29H27N3O4S2/c1-2-25(27(34)32-28-23(16-30)24(17-37-28)18-9-4-3-5-10-18)38-20-12-8-11-19(15-20)31-26(33)21-13-6-7-14-22(21)29(35)36/h3-12,15,17,21-22,25H,2,13-14H2,1H3,(H,31,33)(H,32,34)(H,35,36). The molecule has 0 saturated heterocycles. The van der Waals surface area contributed by atoms with Gasteiger partial charge in [0, 0.05) is 21.5 Å². The summed E-state index contributed by atoms with van der Waals surface area (Å²) in [6, 6.07) is 19.0. The Morgan fingerprint density at radius 2 is 1.82 bits per heavy atom. The minimum atomic E-state index is -0.975. The first kappa shape index (κ1) is 27.2. The van der Waals surface area contributed by atoms with E-state index >= 15 is 0 Å². The fourth-order valence-electron chi connectivity index (χ4n) is 4.33. The maximum Gasteiger partial charge on any atom is 0.307 e. The number of thioether (sulfide) groups is 1. The van der Waals surface area contributed by atoms with Crippen LogP contribution in [0.25, 0.3) is 11.1 Å². The van der Waals surface area contributed by atoms with Gasteiger partial charge in [-0.25, -0.2) is 0 Å². The molecule has 3 atom stereocenters. The summed E-state index contributed by atoms with van der Waals surface area (Å²) in [4.78, 5) is 38.4. The number of hydrogen-bond donors (Lipinski definition) is 3. The van der Waals surface area contributed by atoms with Crippen molar-refractivity contribution in [2.45, 2.75) is 36.3 Å². The van der Waals surface area contributed by atoms with Gasteiger partial charge in [0.15, 0.2) is 0 Å². The van der Waals surface area contributed by atoms with Crippen LogP contribution in [0.15, 0.2) is 77.0 Å². The fraction of sp³-hybridized carbons (Fsp3) is 0.241. The number of carbonyl (C=O) groups is 3. The minimum absolute atomic E-state index is 0.205. The number of nitrogens with zero attached hydrogens (tertiary/aromatic N) is 1. The number of hydrogen-bond acceptors (Lipinski definition) is 6. The van der Waals surface area contributed by atoms with Crippen molar-refractivity contribution in [1.29, 1.82) is 5.26 Å². The number of allylic oxidation sites excluding steroid dienone is 2. The Balaban J connectivity index is 1.43. The number of rotatable bonds is 9. The number of carbonyl (C=O) groups excluding carboxylic acids is 2. The molecule has 9 heteroatoms. The number of aliphatic carboxylic acids is 1. The van der Waals surface area contributed by atoms with Gasteiger partial charge in [-0.2, -0.15) is 5.26 Å². The molecular weight excluding hydrogens is 518 g/mol. The highest BCUT2D eigenvalue weighted by atomic mass is 32.2. The third kappa shape index (κ3) is 6.33. The molecule has 3 N–H and O–H groups in total. The summed E-state index contributed by atoms with van der Waals surface area (Å²) in [6.45, 7) is 1.92. The Morgan fingerprint density at radius 3 is 2.50 bits per heavy atom. The number of carboxylic acids is 1. The number of carboxylic acid groups (broad SMARTS) is 1. The molecule has 194 valence electrons. The number of benzene rings is 2. The van der Waals surface area contributed by atoms with E-state index in [2.05, 4.69) is 16.7 Å². The molecule has 38 heavy (non-hydrogen) atoms. The van der Waals surface area contributed by atoms with Gasteiger partial charge in [-0.3, -0.25) is 14.4 Å². The van der Waals surface area contributed by atoms with E-state index < -0.39 is 23.1 Å². The predicted molar refractivity (Wildman–Crippen MR) is 151 cm³/mol. The highest BCUT2D eigenvalue weighted by Crippen LogP contribution is 2.36. The molecule has 0 aliphatic heterocycles. The van der Waals surface area contributed by atoms with Gasteiger partial charge in [-0.1, -0.05) is 55.5 Å². The normalized spacial score (nSPS) is 17.3. The van der Waals surface area contributed by atoms with Gasteiger partial charge in [0.25, 0.3) is 0 Å². The van der Waals surface area contributed by atoms with Crippen LogP contribution in [0, 0.1) is 23.2 Å². The van der Waals surface area contributed by atoms with Crippen LogP contribution in [0.5, 0.6) is 0 Å². The second-order valence-corrected chi connectivity index (χ2v) is 11.0. The summed E-state index contributed by atoms with van der Waals surface area (Å²) in [6.07, 6.45) is 4.92. The lowest BCUT2D eigenvalue weighted by molar-refractivity contribution is -0.146. The van der Waals surface area contributed by atoms with Crippen molar-refractivity contribution in [1.82, 2.24) is 0 Å². The monoisotopic (exact) mass is 545 g/mol. The van der Waals surface area contributed by atoms with E-state index in [4.69, 9.17) is 0 Å². The summed E-state index contributed by atoms with van der Waals surface area (Å²) < 4.78 is 0. The number of amides is 2. The van der Waals surface area contributed by atoms with Crippen LogP contribution in [0.4, 0.5) is 10.7 Å². The molecule has 2 aromatic carbocycles. The maximum absolute atomic E-state index is 13.2. The van der Waals surface area contributed by atoms with E-state index in [0.29, 0.717) is 35.5 Å². The summed E-state index contributed by atoms with van der Waals surface area (Å²) in [7, 11) is 0. The molecule has 0 bridgehead atoms. The lowest BCUT2D eigenvalue weighted by Crippen LogP contribution is -2.34. The Morgan fingerprint density at radius 1 is 1.08 bits per heavy atom. The second kappa shape index (κ2) is 12.6. The molecule has 1 aliphatic rings. The molecule has 1 aromatic heterocycles. The van der Waals surface area contributed by atoms with Gasteiger partial charge in [-0.05, 0) is 43.0 Å². The summed E-state index contributed by atoms with van der Waals surface area (Å²) in [5.41, 5.74) is 2.69. The van der Waals surface area contributed by atoms with E-state index in [9.17, 15) is 24.8 Å². The molecule has 3 aromatic rings. The highest BCUT2D eigenvalue weighted by molar-refractivity contribution is 8.00. The molecular formula is C29H27N3O4S2. The SMILES string of the molecule is CCC(Sc1cccc(NC(=O)C2CC=CCC2C(=O)O)c1)C(=O)Nc1scc(-c2ccccc2)c1C#N. The molecule has 3 unspecified atom stereocenters. The Bertz CT molecular complexity index is 1390. The van der Waals surface area contributed by atoms with Gasteiger partial charge in [0.05, 0.1) is 22.6 Å². The van der Waals surface area contributed by atoms with Crippen molar-refractivity contribution in [2.75, 3.05) is 10.6 Å². The van der Waals surface area contributed by atoms with Crippen LogP contribution in [-0.2, 0) is 14.4 Å². The third-order valence-corrected chi connectivity index (χ3v) is 8.61. The quantitative estimate of drug-likeness (QED) is 0.211. The number of nitriles is 1. The first-order valence-electron chi connectivity index (χ1n) is 12.2. The Hall–Kier alpha value is -3.87. The topological polar surface area (TPSA) is 119 Å². The molecule has 0 saturated carbocycles. The van der Waals surface area contributed by atoms with E-state index in [1.165, 1.54) is 23.1 Å². The molecule has 1 heterocycles. The van der Waals surface area contributed by atoms with E-state index in [1.807, 2.05) is 54.8 Å². The van der Waals surface area contributed by atoms with Crippen LogP contribution >= 0.6 is 23.1 Å². The molecule has 0 radical (unpaired) electrons. The minimum Gasteiger partial charge on any atom is -0.481 e. The summed E-state index contributed by atoms with van der Waals surface area (Å²) in [5, 5.41) is 27.0. The average Bonchev–Trinajstić information content (AvgIpc) is 3.34. The van der Waals surface area contributed by atoms with Crippen LogP contribution < -0.4 is 10.6 Å². The highest BCUT2D eigenvalue weighted by Gasteiger charge is 2.34. The lowest BCUT2D eigenvalue weighted by atomic mass is 9.82. The number of thiophene rings is 1. The first-order valence-corrected chi connectivity index (χ1v) is 14.0. The zero-order chi connectivity index (χ0) is 27.1. The van der Waals surface area contributed by atoms with Crippen molar-refractivity contribution >= 4 is 51.6 Å². The number of nitrogens with one attached hydrogen (secondary N) is 2. The van der Waals surface area contributed by atoms with E-state index in [0.717, 1.165) is 16.0 Å². The molecule has 4 rings (SSSR count). The van der Waals surface area contributed by atoms with E-state index in [1.54, 1.807) is 24.3 Å². The van der Waals surface area contributed by atoms with Crippen molar-refractivity contribution in [2.24, 2.45) is 11.8 Å². The van der Waals surface area contributed by atoms with Crippen LogP contribution in [0.2, 0.25) is 0 Å². The van der Waals surface area contributed by atoms with Gasteiger partial charge in [0.2, 0.25) is 11.8 Å². The molecule has 2 amide bonds. The largest absolute Gasteiger partial charge is 0.481 e. The predicted octanol–water partition coefficient (Wildman–Crippen LogP) is 6.40. The van der Waals surface area contributed by atoms with Gasteiger partial charge in [-0.15, -0.1) is 23.1 Å². The van der Waals surface area contributed by atoms with Crippen molar-refractivity contribution in [3.8, 4) is 17.2 Å². The zero-order valence-electron chi connectivity index (χ0n) is 20.7. The Labute approximate surface area is 229 Å². The van der Waals surface area contributed by atoms with Crippen LogP contribution in [0.3, 0.4) is 0 Å². The molecule has 0 fully saturated rings. The first-order chi connectivity index (χ1) is 18.4. The van der Waals surface area contributed by atoms with Crippen molar-refractivity contribution < 1.29 is 19.5 Å². The summed E-state index contributed by atoms with van der Waals surface area (Å²) in [5.74, 6) is -2.89. The van der Waals surface area contributed by atoms with E-state index in [-0.39, 0.29) is 11.8 Å². The fourth-order valence-corrected chi connectivity index (χ4v) is 6.26. The van der Waals surface area contributed by atoms with Crippen molar-refractivity contribution in [3.05, 3.63) is 77.7 Å². The average molecular weight is 546 g/mol. The Kier molecular flexibility index (Phi) is 9.00. The lowest BCUT2D eigenvalue weighted by Gasteiger charge is -2.24.